The van der Waals surface area contributed by atoms with Gasteiger partial charge in [0.2, 0.25) is 0 Å². The van der Waals surface area contributed by atoms with Crippen LogP contribution in [-0.2, 0) is 16.1 Å². The Kier molecular flexibility index (Phi) is 6.00. The highest BCUT2D eigenvalue weighted by Crippen LogP contribution is 2.25. The first kappa shape index (κ1) is 16.8. The Labute approximate surface area is 138 Å². The van der Waals surface area contributed by atoms with E-state index in [1.165, 1.54) is 0 Å². The molecule has 0 aliphatic rings. The Morgan fingerprint density at radius 3 is 2.39 bits per heavy atom. The molecule has 0 radical (unpaired) electrons. The van der Waals surface area contributed by atoms with Gasteiger partial charge in [0.1, 0.15) is 6.61 Å². The summed E-state index contributed by atoms with van der Waals surface area (Å²) in [7, 11) is 0. The first-order valence-corrected chi connectivity index (χ1v) is 7.37. The van der Waals surface area contributed by atoms with Crippen molar-refractivity contribution >= 4 is 23.7 Å². The van der Waals surface area contributed by atoms with Crippen LogP contribution in [-0.4, -0.2) is 17.2 Å². The van der Waals surface area contributed by atoms with E-state index in [0.717, 1.165) is 5.56 Å². The molecule has 0 heterocycles. The molecule has 0 aliphatic carbocycles. The summed E-state index contributed by atoms with van der Waals surface area (Å²) in [5.41, 5.74) is 1.38. The van der Waals surface area contributed by atoms with Gasteiger partial charge in [0.05, 0.1) is 12.5 Å². The number of benzene rings is 2. The quantitative estimate of drug-likeness (QED) is 0.843. The fraction of sp³-hybridized carbons (Fsp3) is 0.176. The number of ether oxygens (including phenoxy) is 1. The van der Waals surface area contributed by atoms with Crippen LogP contribution in [0.2, 0.25) is 5.02 Å². The third-order valence-corrected chi connectivity index (χ3v) is 3.51. The number of carboxylic acid groups (broad SMARTS) is 1. The zero-order valence-corrected chi connectivity index (χ0v) is 13.0. The molecule has 5 nitrogen and oxygen atoms in total. The monoisotopic (exact) mass is 333 g/mol. The summed E-state index contributed by atoms with van der Waals surface area (Å²) >= 11 is 6.07. The molecule has 1 atom stereocenters. The van der Waals surface area contributed by atoms with Crippen LogP contribution in [0.4, 0.5) is 4.79 Å². The summed E-state index contributed by atoms with van der Waals surface area (Å²) in [5, 5.41) is 12.0. The lowest BCUT2D eigenvalue weighted by Crippen LogP contribution is -2.30. The van der Waals surface area contributed by atoms with Crippen LogP contribution in [0.3, 0.4) is 0 Å². The van der Waals surface area contributed by atoms with E-state index >= 15 is 0 Å². The van der Waals surface area contributed by atoms with Gasteiger partial charge in [-0.2, -0.15) is 0 Å². The van der Waals surface area contributed by atoms with Crippen LogP contribution in [0.5, 0.6) is 0 Å². The number of halogens is 1. The molecule has 2 N–H and O–H groups in total. The zero-order chi connectivity index (χ0) is 16.7. The summed E-state index contributed by atoms with van der Waals surface area (Å²) in [6, 6.07) is 15.2. The van der Waals surface area contributed by atoms with Crippen molar-refractivity contribution < 1.29 is 19.4 Å². The predicted octanol–water partition coefficient (Wildman–Crippen LogP) is 3.78. The topological polar surface area (TPSA) is 75.6 Å². The molecule has 0 fully saturated rings. The van der Waals surface area contributed by atoms with Gasteiger partial charge in [-0.25, -0.2) is 4.79 Å². The standard InChI is InChI=1S/C17H16ClNO4/c18-14-9-5-4-8-13(14)15(10-16(20)21)19-17(22)23-11-12-6-2-1-3-7-12/h1-9,15H,10-11H2,(H,19,22)(H,20,21). The summed E-state index contributed by atoms with van der Waals surface area (Å²) in [6.07, 6.45) is -0.982. The van der Waals surface area contributed by atoms with Crippen molar-refractivity contribution in [1.82, 2.24) is 5.32 Å². The zero-order valence-electron chi connectivity index (χ0n) is 12.2. The number of carbonyl (C=O) groups excluding carboxylic acids is 1. The van der Waals surface area contributed by atoms with E-state index in [-0.39, 0.29) is 13.0 Å². The minimum absolute atomic E-state index is 0.106. The lowest BCUT2D eigenvalue weighted by atomic mass is 10.0. The molecule has 1 amide bonds. The minimum atomic E-state index is -1.04. The van der Waals surface area contributed by atoms with Gasteiger partial charge in [-0.1, -0.05) is 60.1 Å². The molecule has 2 aromatic rings. The molecule has 0 saturated heterocycles. The van der Waals surface area contributed by atoms with Crippen molar-refractivity contribution in [3.8, 4) is 0 Å². The number of aliphatic carboxylic acids is 1. The van der Waals surface area contributed by atoms with E-state index in [4.69, 9.17) is 21.4 Å². The third kappa shape index (κ3) is 5.30. The van der Waals surface area contributed by atoms with E-state index < -0.39 is 18.1 Å². The molecule has 0 aliphatic heterocycles. The average molecular weight is 334 g/mol. The Hall–Kier alpha value is -2.53. The van der Waals surface area contributed by atoms with Crippen molar-refractivity contribution in [2.75, 3.05) is 0 Å². The van der Waals surface area contributed by atoms with Crippen molar-refractivity contribution in [2.24, 2.45) is 0 Å². The first-order valence-electron chi connectivity index (χ1n) is 6.99. The van der Waals surface area contributed by atoms with Crippen LogP contribution in [0.1, 0.15) is 23.6 Å². The molecule has 0 bridgehead atoms. The van der Waals surface area contributed by atoms with Gasteiger partial charge in [-0.3, -0.25) is 4.79 Å². The van der Waals surface area contributed by atoms with Crippen molar-refractivity contribution in [2.45, 2.75) is 19.1 Å². The smallest absolute Gasteiger partial charge is 0.407 e. The van der Waals surface area contributed by atoms with Crippen molar-refractivity contribution in [1.29, 1.82) is 0 Å². The van der Waals surface area contributed by atoms with Gasteiger partial charge in [-0.15, -0.1) is 0 Å². The summed E-state index contributed by atoms with van der Waals surface area (Å²) in [5.74, 6) is -1.04. The second-order valence-corrected chi connectivity index (χ2v) is 5.29. The largest absolute Gasteiger partial charge is 0.481 e. The van der Waals surface area contributed by atoms with E-state index in [0.29, 0.717) is 10.6 Å². The van der Waals surface area contributed by atoms with Gasteiger partial charge in [0.25, 0.3) is 0 Å². The predicted molar refractivity (Wildman–Crippen MR) is 86.2 cm³/mol. The molecule has 120 valence electrons. The van der Waals surface area contributed by atoms with Crippen molar-refractivity contribution in [3.63, 3.8) is 0 Å². The molecular formula is C17H16ClNO4. The third-order valence-electron chi connectivity index (χ3n) is 3.16. The number of amides is 1. The second-order valence-electron chi connectivity index (χ2n) is 4.88. The highest BCUT2D eigenvalue weighted by molar-refractivity contribution is 6.31. The summed E-state index contributed by atoms with van der Waals surface area (Å²) < 4.78 is 5.12. The maximum Gasteiger partial charge on any atom is 0.407 e. The van der Waals surface area contributed by atoms with Crippen LogP contribution in [0.15, 0.2) is 54.6 Å². The van der Waals surface area contributed by atoms with Crippen LogP contribution in [0.25, 0.3) is 0 Å². The minimum Gasteiger partial charge on any atom is -0.481 e. The Bertz CT molecular complexity index is 675. The fourth-order valence-corrected chi connectivity index (χ4v) is 2.35. The van der Waals surface area contributed by atoms with Gasteiger partial charge in [0, 0.05) is 5.02 Å². The fourth-order valence-electron chi connectivity index (χ4n) is 2.08. The van der Waals surface area contributed by atoms with E-state index in [9.17, 15) is 9.59 Å². The number of alkyl carbamates (subject to hydrolysis) is 1. The SMILES string of the molecule is O=C(O)CC(NC(=O)OCc1ccccc1)c1ccccc1Cl. The molecule has 2 aromatic carbocycles. The first-order chi connectivity index (χ1) is 11.1. The number of rotatable bonds is 6. The Morgan fingerprint density at radius 1 is 1.09 bits per heavy atom. The molecule has 1 unspecified atom stereocenters. The summed E-state index contributed by atoms with van der Waals surface area (Å²) in [4.78, 5) is 22.9. The molecule has 6 heteroatoms. The van der Waals surface area contributed by atoms with Crippen molar-refractivity contribution in [3.05, 3.63) is 70.7 Å². The van der Waals surface area contributed by atoms with Gasteiger partial charge in [0.15, 0.2) is 0 Å². The van der Waals surface area contributed by atoms with Gasteiger partial charge < -0.3 is 15.2 Å². The van der Waals surface area contributed by atoms with E-state index in [1.54, 1.807) is 24.3 Å². The van der Waals surface area contributed by atoms with Crippen LogP contribution >= 0.6 is 11.6 Å². The number of nitrogens with one attached hydrogen (secondary N) is 1. The molecule has 2 rings (SSSR count). The number of carbonyl (C=O) groups is 2. The van der Waals surface area contributed by atoms with Crippen LogP contribution in [0, 0.1) is 0 Å². The molecule has 0 saturated carbocycles. The Balaban J connectivity index is 2.01. The molecule has 23 heavy (non-hydrogen) atoms. The highest BCUT2D eigenvalue weighted by atomic mass is 35.5. The van der Waals surface area contributed by atoms with E-state index in [1.807, 2.05) is 30.3 Å². The van der Waals surface area contributed by atoms with Gasteiger partial charge >= 0.3 is 12.1 Å². The maximum atomic E-state index is 11.9. The number of carboxylic acids is 1. The average Bonchev–Trinajstić information content (AvgIpc) is 2.53. The van der Waals surface area contributed by atoms with Crippen LogP contribution < -0.4 is 5.32 Å². The highest BCUT2D eigenvalue weighted by Gasteiger charge is 2.20. The lowest BCUT2D eigenvalue weighted by molar-refractivity contribution is -0.137. The number of hydrogen-bond acceptors (Lipinski definition) is 3. The molecule has 0 spiro atoms. The van der Waals surface area contributed by atoms with E-state index in [2.05, 4.69) is 5.32 Å². The summed E-state index contributed by atoms with van der Waals surface area (Å²) in [6.45, 7) is 0.106. The maximum absolute atomic E-state index is 11.9. The number of hydrogen-bond donors (Lipinski definition) is 2. The normalized spacial score (nSPS) is 11.5. The van der Waals surface area contributed by atoms with Gasteiger partial charge in [-0.05, 0) is 17.2 Å². The molecule has 0 aromatic heterocycles. The molecular weight excluding hydrogens is 318 g/mol. The second kappa shape index (κ2) is 8.19. The lowest BCUT2D eigenvalue weighted by Gasteiger charge is -2.18. The Morgan fingerprint density at radius 2 is 1.74 bits per heavy atom.